The van der Waals surface area contributed by atoms with Crippen molar-refractivity contribution in [2.75, 3.05) is 6.61 Å². The molecule has 0 aliphatic rings. The van der Waals surface area contributed by atoms with Gasteiger partial charge in [-0.1, -0.05) is 63.3 Å². The predicted octanol–water partition coefficient (Wildman–Crippen LogP) is 3.90. The number of allylic oxidation sites excluding steroid dienone is 4. The molecule has 0 saturated heterocycles. The molecule has 0 bridgehead atoms. The van der Waals surface area contributed by atoms with Gasteiger partial charge in [0.1, 0.15) is 6.10 Å². The summed E-state index contributed by atoms with van der Waals surface area (Å²) in [5.41, 5.74) is 0. The molecule has 6 heteroatoms. The first kappa shape index (κ1) is 26.0. The van der Waals surface area contributed by atoms with E-state index in [9.17, 15) is 15.0 Å². The third kappa shape index (κ3) is 12.1. The van der Waals surface area contributed by atoms with E-state index in [1.54, 1.807) is 0 Å². The minimum atomic E-state index is -2.75. The second-order valence-corrected chi connectivity index (χ2v) is 6.89. The van der Waals surface area contributed by atoms with Crippen LogP contribution in [0.25, 0.3) is 0 Å². The molecule has 0 aliphatic heterocycles. The Morgan fingerprint density at radius 3 is 2.07 bits per heavy atom. The van der Waals surface area contributed by atoms with Gasteiger partial charge in [-0.25, -0.2) is 5.26 Å². The highest BCUT2D eigenvalue weighted by atomic mass is 17.1. The molecule has 0 heterocycles. The van der Waals surface area contributed by atoms with E-state index in [1.165, 1.54) is 25.7 Å². The molecule has 0 aromatic rings. The quantitative estimate of drug-likeness (QED) is 0.0935. The van der Waals surface area contributed by atoms with Crippen molar-refractivity contribution in [2.45, 2.75) is 95.9 Å². The van der Waals surface area contributed by atoms with Gasteiger partial charge in [0.15, 0.2) is 5.78 Å². The number of carbonyl (C=O) groups is 1. The molecule has 2 unspecified atom stereocenters. The van der Waals surface area contributed by atoms with Crippen LogP contribution in [0, 0.1) is 0 Å². The normalized spacial score (nSPS) is 15.4. The van der Waals surface area contributed by atoms with Crippen molar-refractivity contribution < 1.29 is 30.3 Å². The Hall–Kier alpha value is -1.05. The zero-order valence-electron chi connectivity index (χ0n) is 16.7. The van der Waals surface area contributed by atoms with Crippen LogP contribution in [-0.4, -0.2) is 44.9 Å². The van der Waals surface area contributed by atoms with Crippen LogP contribution in [0.4, 0.5) is 0 Å². The number of Topliss-reactive ketones (excluding diaryl/α,β-unsaturated/α-hetero) is 1. The van der Waals surface area contributed by atoms with Gasteiger partial charge in [0.25, 0.3) is 5.79 Å². The lowest BCUT2D eigenvalue weighted by Gasteiger charge is -2.26. The fourth-order valence-electron chi connectivity index (χ4n) is 2.70. The van der Waals surface area contributed by atoms with Gasteiger partial charge in [0, 0.05) is 6.42 Å². The van der Waals surface area contributed by atoms with Crippen LogP contribution in [-0.2, 0) is 9.68 Å². The number of aliphatic hydroxyl groups is 3. The summed E-state index contributed by atoms with van der Waals surface area (Å²) in [5.74, 6) is -3.58. The van der Waals surface area contributed by atoms with E-state index in [4.69, 9.17) is 10.4 Å². The third-order valence-electron chi connectivity index (χ3n) is 4.52. The molecule has 4 N–H and O–H groups in total. The topological polar surface area (TPSA) is 107 Å². The second kappa shape index (κ2) is 17.1. The third-order valence-corrected chi connectivity index (χ3v) is 4.52. The number of aliphatic hydroxyl groups excluding tert-OH is 2. The molecule has 27 heavy (non-hydrogen) atoms. The summed E-state index contributed by atoms with van der Waals surface area (Å²) in [5, 5.41) is 36.5. The lowest BCUT2D eigenvalue weighted by atomic mass is 9.99. The van der Waals surface area contributed by atoms with Crippen molar-refractivity contribution in [3.05, 3.63) is 24.3 Å². The zero-order valence-corrected chi connectivity index (χ0v) is 16.7. The van der Waals surface area contributed by atoms with Crippen molar-refractivity contribution in [3.63, 3.8) is 0 Å². The van der Waals surface area contributed by atoms with Gasteiger partial charge >= 0.3 is 0 Å². The van der Waals surface area contributed by atoms with E-state index >= 15 is 0 Å². The van der Waals surface area contributed by atoms with Crippen LogP contribution in [0.5, 0.6) is 0 Å². The highest BCUT2D eigenvalue weighted by Gasteiger charge is 2.44. The Bertz CT molecular complexity index is 421. The fraction of sp³-hybridized carbons (Fsp3) is 0.762. The van der Waals surface area contributed by atoms with Gasteiger partial charge < -0.3 is 15.3 Å². The number of ketones is 1. The lowest BCUT2D eigenvalue weighted by molar-refractivity contribution is -0.396. The molecule has 2 atom stereocenters. The van der Waals surface area contributed by atoms with E-state index in [1.807, 2.05) is 0 Å². The highest BCUT2D eigenvalue weighted by Crippen LogP contribution is 2.18. The van der Waals surface area contributed by atoms with Crippen molar-refractivity contribution >= 4 is 5.78 Å². The Labute approximate surface area is 163 Å². The van der Waals surface area contributed by atoms with E-state index in [0.29, 0.717) is 6.42 Å². The van der Waals surface area contributed by atoms with Crippen LogP contribution in [0.1, 0.15) is 84.0 Å². The summed E-state index contributed by atoms with van der Waals surface area (Å²) < 4.78 is 0. The van der Waals surface area contributed by atoms with Crippen molar-refractivity contribution in [3.8, 4) is 0 Å². The molecule has 158 valence electrons. The maximum Gasteiger partial charge on any atom is 0.286 e. The molecule has 0 radical (unpaired) electrons. The summed E-state index contributed by atoms with van der Waals surface area (Å²) in [6, 6.07) is 0. The van der Waals surface area contributed by atoms with Gasteiger partial charge in [0.05, 0.1) is 6.61 Å². The first-order valence-corrected chi connectivity index (χ1v) is 10.2. The number of hydrogen-bond acceptors (Lipinski definition) is 6. The number of rotatable bonds is 18. The van der Waals surface area contributed by atoms with Crippen LogP contribution in [0.2, 0.25) is 0 Å². The zero-order chi connectivity index (χ0) is 20.4. The van der Waals surface area contributed by atoms with E-state index in [-0.39, 0.29) is 6.42 Å². The Kier molecular flexibility index (Phi) is 16.4. The number of unbranched alkanes of at least 4 members (excludes halogenated alkanes) is 8. The summed E-state index contributed by atoms with van der Waals surface area (Å²) in [4.78, 5) is 15.5. The molecule has 0 spiro atoms. The molecule has 0 saturated carbocycles. The van der Waals surface area contributed by atoms with E-state index in [0.717, 1.165) is 38.5 Å². The summed E-state index contributed by atoms with van der Waals surface area (Å²) in [6.07, 6.45) is 18.5. The summed E-state index contributed by atoms with van der Waals surface area (Å²) >= 11 is 0. The van der Waals surface area contributed by atoms with Crippen LogP contribution in [0.3, 0.4) is 0 Å². The number of carbonyl (C=O) groups excluding carboxylic acids is 1. The standard InChI is InChI=1S/C21H38O6/c1-2-3-4-5-6-7-8-9-10-11-12-13-14-15-16-17-19(23)21(25,27-26)20(24)18-22/h6-7,9-10,20,22,24-26H,2-5,8,11-18H2,1H3/b7-6-,10-9-. The Morgan fingerprint density at radius 1 is 0.963 bits per heavy atom. The summed E-state index contributed by atoms with van der Waals surface area (Å²) in [7, 11) is 0. The predicted molar refractivity (Wildman–Crippen MR) is 106 cm³/mol. The van der Waals surface area contributed by atoms with E-state index in [2.05, 4.69) is 36.1 Å². The van der Waals surface area contributed by atoms with Crippen molar-refractivity contribution in [1.29, 1.82) is 0 Å². The minimum Gasteiger partial charge on any atom is -0.393 e. The van der Waals surface area contributed by atoms with Crippen LogP contribution < -0.4 is 0 Å². The van der Waals surface area contributed by atoms with Crippen molar-refractivity contribution in [2.24, 2.45) is 0 Å². The molecule has 0 aliphatic carbocycles. The largest absolute Gasteiger partial charge is 0.393 e. The smallest absolute Gasteiger partial charge is 0.286 e. The van der Waals surface area contributed by atoms with Crippen molar-refractivity contribution in [1.82, 2.24) is 0 Å². The van der Waals surface area contributed by atoms with Gasteiger partial charge in [-0.2, -0.15) is 4.89 Å². The highest BCUT2D eigenvalue weighted by molar-refractivity contribution is 5.86. The SMILES string of the molecule is CCCCC/C=C\C/C=C\CCCCCCCC(=O)C(O)(OO)C(O)CO. The molecule has 6 nitrogen and oxygen atoms in total. The van der Waals surface area contributed by atoms with Gasteiger partial charge in [-0.05, 0) is 38.5 Å². The molecular weight excluding hydrogens is 348 g/mol. The van der Waals surface area contributed by atoms with Gasteiger partial charge in [-0.3, -0.25) is 4.79 Å². The minimum absolute atomic E-state index is 0.0292. The lowest BCUT2D eigenvalue weighted by Crippen LogP contribution is -2.52. The first-order chi connectivity index (χ1) is 13.0. The second-order valence-electron chi connectivity index (χ2n) is 6.89. The molecule has 0 fully saturated rings. The van der Waals surface area contributed by atoms with E-state index < -0.39 is 24.3 Å². The number of hydrogen-bond donors (Lipinski definition) is 4. The Morgan fingerprint density at radius 2 is 1.52 bits per heavy atom. The summed E-state index contributed by atoms with van der Waals surface area (Å²) in [6.45, 7) is 1.33. The molecule has 0 rings (SSSR count). The van der Waals surface area contributed by atoms with Crippen LogP contribution >= 0.6 is 0 Å². The van der Waals surface area contributed by atoms with Gasteiger partial charge in [-0.15, -0.1) is 0 Å². The molecule has 0 amide bonds. The first-order valence-electron chi connectivity index (χ1n) is 10.2. The monoisotopic (exact) mass is 386 g/mol. The molecular formula is C21H38O6. The van der Waals surface area contributed by atoms with Crippen LogP contribution in [0.15, 0.2) is 24.3 Å². The van der Waals surface area contributed by atoms with Gasteiger partial charge in [0.2, 0.25) is 0 Å². The maximum absolute atomic E-state index is 11.8. The molecule has 0 aromatic carbocycles. The maximum atomic E-state index is 11.8. The average molecular weight is 387 g/mol. The Balaban J connectivity index is 3.64. The average Bonchev–Trinajstić information content (AvgIpc) is 2.69. The fourth-order valence-corrected chi connectivity index (χ4v) is 2.70. The molecule has 0 aromatic heterocycles.